The number of pyridine rings is 2. The van der Waals surface area contributed by atoms with Crippen LogP contribution in [0.3, 0.4) is 0 Å². The van der Waals surface area contributed by atoms with Crippen molar-refractivity contribution in [2.75, 3.05) is 0 Å². The zero-order valence-electron chi connectivity index (χ0n) is 15.6. The van der Waals surface area contributed by atoms with Crippen molar-refractivity contribution >= 4 is 28.4 Å². The van der Waals surface area contributed by atoms with Crippen LogP contribution in [0.25, 0.3) is 22.2 Å². The number of nitrogens with one attached hydrogen (secondary N) is 1. The van der Waals surface area contributed by atoms with Crippen LogP contribution in [0.2, 0.25) is 5.02 Å². The molecule has 29 heavy (non-hydrogen) atoms. The number of benzene rings is 2. The van der Waals surface area contributed by atoms with E-state index in [-0.39, 0.29) is 11.7 Å². The summed E-state index contributed by atoms with van der Waals surface area (Å²) in [5, 5.41) is 14.9. The molecule has 0 saturated heterocycles. The fourth-order valence-electron chi connectivity index (χ4n) is 3.35. The molecule has 2 heterocycles. The molecule has 0 fully saturated rings. The molecule has 1 unspecified atom stereocenters. The molecule has 2 aromatic heterocycles. The second-order valence-electron chi connectivity index (χ2n) is 6.67. The Bertz CT molecular complexity index is 1180. The van der Waals surface area contributed by atoms with Gasteiger partial charge in [0.05, 0.1) is 16.8 Å². The molecule has 0 aliphatic rings. The molecule has 6 heteroatoms. The monoisotopic (exact) mass is 403 g/mol. The Morgan fingerprint density at radius 3 is 2.48 bits per heavy atom. The summed E-state index contributed by atoms with van der Waals surface area (Å²) >= 11 is 6.44. The van der Waals surface area contributed by atoms with Gasteiger partial charge in [-0.1, -0.05) is 41.9 Å². The Kier molecular flexibility index (Phi) is 5.14. The number of rotatable bonds is 4. The standard InChI is InChI=1S/C23H18ClN3O2/c1-14(28)27-21(16-9-7-15(8-10-16)20-6-2-3-11-25-20)18-13-19(24)17-5-4-12-26-22(17)23(18)29/h2-13,21,29H,1H3,(H,27,28). The SMILES string of the molecule is CC(=O)NC(c1ccc(-c2ccccn2)cc1)c1cc(Cl)c2cccnc2c1O. The topological polar surface area (TPSA) is 75.1 Å². The van der Waals surface area contributed by atoms with Gasteiger partial charge in [-0.25, -0.2) is 0 Å². The summed E-state index contributed by atoms with van der Waals surface area (Å²) in [6.45, 7) is 1.44. The first-order valence-corrected chi connectivity index (χ1v) is 9.47. The fourth-order valence-corrected chi connectivity index (χ4v) is 3.62. The van der Waals surface area contributed by atoms with Gasteiger partial charge in [0.1, 0.15) is 11.3 Å². The van der Waals surface area contributed by atoms with Crippen molar-refractivity contribution in [3.05, 3.63) is 89.2 Å². The van der Waals surface area contributed by atoms with Gasteiger partial charge < -0.3 is 10.4 Å². The average molecular weight is 404 g/mol. The molecule has 4 aromatic rings. The second kappa shape index (κ2) is 7.89. The maximum Gasteiger partial charge on any atom is 0.217 e. The van der Waals surface area contributed by atoms with Crippen LogP contribution >= 0.6 is 11.6 Å². The molecule has 0 spiro atoms. The molecule has 1 atom stereocenters. The van der Waals surface area contributed by atoms with Gasteiger partial charge in [0.15, 0.2) is 0 Å². The van der Waals surface area contributed by atoms with E-state index in [2.05, 4.69) is 15.3 Å². The molecule has 4 rings (SSSR count). The van der Waals surface area contributed by atoms with Crippen molar-refractivity contribution in [2.24, 2.45) is 0 Å². The van der Waals surface area contributed by atoms with Gasteiger partial charge in [-0.05, 0) is 35.9 Å². The number of phenolic OH excluding ortho intramolecular Hbond substituents is 1. The maximum atomic E-state index is 11.9. The fraction of sp³-hybridized carbons (Fsp3) is 0.0870. The molecule has 2 N–H and O–H groups in total. The van der Waals surface area contributed by atoms with Crippen molar-refractivity contribution in [2.45, 2.75) is 13.0 Å². The highest BCUT2D eigenvalue weighted by Crippen LogP contribution is 2.38. The number of nitrogens with zero attached hydrogens (tertiary/aromatic N) is 2. The van der Waals surface area contributed by atoms with E-state index in [0.717, 1.165) is 16.8 Å². The minimum Gasteiger partial charge on any atom is -0.505 e. The highest BCUT2D eigenvalue weighted by Gasteiger charge is 2.22. The number of hydrogen-bond donors (Lipinski definition) is 2. The minimum atomic E-state index is -0.575. The predicted molar refractivity (Wildman–Crippen MR) is 114 cm³/mol. The Hall–Kier alpha value is -3.44. The molecular formula is C23H18ClN3O2. The highest BCUT2D eigenvalue weighted by atomic mass is 35.5. The summed E-state index contributed by atoms with van der Waals surface area (Å²) in [6.07, 6.45) is 3.34. The summed E-state index contributed by atoms with van der Waals surface area (Å²) in [7, 11) is 0. The number of aromatic nitrogens is 2. The van der Waals surface area contributed by atoms with Crippen molar-refractivity contribution in [3.8, 4) is 17.0 Å². The van der Waals surface area contributed by atoms with E-state index in [1.54, 1.807) is 30.6 Å². The predicted octanol–water partition coefficient (Wildman–Crippen LogP) is 4.88. The van der Waals surface area contributed by atoms with Gasteiger partial charge in [0.25, 0.3) is 0 Å². The van der Waals surface area contributed by atoms with E-state index >= 15 is 0 Å². The first-order chi connectivity index (χ1) is 14.0. The average Bonchev–Trinajstić information content (AvgIpc) is 2.75. The van der Waals surface area contributed by atoms with Crippen molar-refractivity contribution in [1.82, 2.24) is 15.3 Å². The van der Waals surface area contributed by atoms with Crippen LogP contribution in [0.5, 0.6) is 5.75 Å². The maximum absolute atomic E-state index is 11.9. The Morgan fingerprint density at radius 1 is 1.03 bits per heavy atom. The molecule has 2 aromatic carbocycles. The van der Waals surface area contributed by atoms with E-state index in [9.17, 15) is 9.90 Å². The van der Waals surface area contributed by atoms with Gasteiger partial charge in [-0.2, -0.15) is 0 Å². The van der Waals surface area contributed by atoms with Crippen molar-refractivity contribution < 1.29 is 9.90 Å². The highest BCUT2D eigenvalue weighted by molar-refractivity contribution is 6.35. The second-order valence-corrected chi connectivity index (χ2v) is 7.07. The summed E-state index contributed by atoms with van der Waals surface area (Å²) in [6, 6.07) is 18.1. The third-order valence-electron chi connectivity index (χ3n) is 4.71. The van der Waals surface area contributed by atoms with Gasteiger partial charge in [-0.15, -0.1) is 0 Å². The Morgan fingerprint density at radius 2 is 1.79 bits per heavy atom. The number of carbonyl (C=O) groups is 1. The van der Waals surface area contributed by atoms with E-state index in [1.807, 2.05) is 42.5 Å². The van der Waals surface area contributed by atoms with Gasteiger partial charge >= 0.3 is 0 Å². The number of amides is 1. The molecule has 0 aliphatic carbocycles. The van der Waals surface area contributed by atoms with Crippen LogP contribution in [-0.2, 0) is 4.79 Å². The Balaban J connectivity index is 1.81. The van der Waals surface area contributed by atoms with Crippen LogP contribution in [0.15, 0.2) is 73.1 Å². The summed E-state index contributed by atoms with van der Waals surface area (Å²) in [4.78, 5) is 20.5. The summed E-state index contributed by atoms with van der Waals surface area (Å²) in [5.74, 6) is -0.224. The van der Waals surface area contributed by atoms with E-state index in [4.69, 9.17) is 11.6 Å². The lowest BCUT2D eigenvalue weighted by molar-refractivity contribution is -0.119. The largest absolute Gasteiger partial charge is 0.505 e. The lowest BCUT2D eigenvalue weighted by Gasteiger charge is -2.21. The molecule has 1 amide bonds. The van der Waals surface area contributed by atoms with E-state index < -0.39 is 6.04 Å². The van der Waals surface area contributed by atoms with Crippen LogP contribution in [0, 0.1) is 0 Å². The zero-order chi connectivity index (χ0) is 20.4. The third kappa shape index (κ3) is 3.77. The van der Waals surface area contributed by atoms with Gasteiger partial charge in [0, 0.05) is 35.8 Å². The van der Waals surface area contributed by atoms with E-state index in [0.29, 0.717) is 21.5 Å². The molecule has 0 bridgehead atoms. The minimum absolute atomic E-state index is 0.00227. The van der Waals surface area contributed by atoms with Crippen LogP contribution in [0.1, 0.15) is 24.1 Å². The first-order valence-electron chi connectivity index (χ1n) is 9.09. The lowest BCUT2D eigenvalue weighted by atomic mass is 9.95. The van der Waals surface area contributed by atoms with Crippen molar-refractivity contribution in [1.29, 1.82) is 0 Å². The summed E-state index contributed by atoms with van der Waals surface area (Å²) in [5.41, 5.74) is 3.51. The zero-order valence-corrected chi connectivity index (χ0v) is 16.4. The third-order valence-corrected chi connectivity index (χ3v) is 5.02. The number of aromatic hydroxyl groups is 1. The van der Waals surface area contributed by atoms with Gasteiger partial charge in [0.2, 0.25) is 5.91 Å². The number of halogens is 1. The number of hydrogen-bond acceptors (Lipinski definition) is 4. The van der Waals surface area contributed by atoms with Crippen LogP contribution in [-0.4, -0.2) is 21.0 Å². The number of fused-ring (bicyclic) bond motifs is 1. The normalized spacial score (nSPS) is 11.9. The molecule has 5 nitrogen and oxygen atoms in total. The van der Waals surface area contributed by atoms with E-state index in [1.165, 1.54) is 6.92 Å². The Labute approximate surface area is 173 Å². The first kappa shape index (κ1) is 18.9. The molecule has 0 aliphatic heterocycles. The molecule has 144 valence electrons. The molecule has 0 saturated carbocycles. The number of carbonyl (C=O) groups excluding carboxylic acids is 1. The quantitative estimate of drug-likeness (QED) is 0.509. The molecule has 0 radical (unpaired) electrons. The lowest BCUT2D eigenvalue weighted by Crippen LogP contribution is -2.27. The molecular weight excluding hydrogens is 386 g/mol. The smallest absolute Gasteiger partial charge is 0.217 e. The van der Waals surface area contributed by atoms with Crippen molar-refractivity contribution in [3.63, 3.8) is 0 Å². The van der Waals surface area contributed by atoms with Crippen LogP contribution < -0.4 is 5.32 Å². The summed E-state index contributed by atoms with van der Waals surface area (Å²) < 4.78 is 0. The van der Waals surface area contributed by atoms with Gasteiger partial charge in [-0.3, -0.25) is 14.8 Å². The number of phenols is 1. The van der Waals surface area contributed by atoms with Crippen LogP contribution in [0.4, 0.5) is 0 Å².